The van der Waals surface area contributed by atoms with Crippen LogP contribution in [-0.2, 0) is 19.9 Å². The molecule has 0 saturated carbocycles. The van der Waals surface area contributed by atoms with Crippen molar-refractivity contribution in [3.05, 3.63) is 119 Å². The lowest BCUT2D eigenvalue weighted by Crippen LogP contribution is -2.47. The highest BCUT2D eigenvalue weighted by atomic mass is 35.5. The Hall–Kier alpha value is -3.70. The largest absolute Gasteiger partial charge is 0.427 e. The minimum absolute atomic E-state index is 0.0464. The van der Waals surface area contributed by atoms with Gasteiger partial charge in [-0.15, -0.1) is 11.8 Å². The third kappa shape index (κ3) is 11.7. The minimum atomic E-state index is -5.59. The molecule has 3 aliphatic rings. The number of carbonyl (C=O) groups is 1. The number of anilines is 2. The van der Waals surface area contributed by atoms with Crippen LogP contribution >= 0.6 is 35.0 Å². The molecule has 2 fully saturated rings. The van der Waals surface area contributed by atoms with E-state index in [0.717, 1.165) is 99.2 Å². The molecule has 2 N–H and O–H groups in total. The Bertz CT molecular complexity index is 2430. The van der Waals surface area contributed by atoms with Crippen molar-refractivity contribution in [2.24, 2.45) is 0 Å². The average Bonchev–Trinajstić information content (AvgIpc) is 3.79. The van der Waals surface area contributed by atoms with Gasteiger partial charge in [-0.3, -0.25) is 9.69 Å². The SMILES string of the molecule is O=C(NS(=O)(=O)c1ccc(N[C@H](CCN2CCCC2)CSc2ccccc2)c(S(=O)(=O)C(F)(F)Cl)c1)c1ccc(N2CCN(CC3=C(c4ccc(Cl)cc4)CCCC3)CC2)cc1. The summed E-state index contributed by atoms with van der Waals surface area (Å²) < 4.78 is 80.0. The van der Waals surface area contributed by atoms with Crippen molar-refractivity contribution in [2.45, 2.75) is 70.4 Å². The van der Waals surface area contributed by atoms with E-state index in [9.17, 15) is 30.4 Å². The van der Waals surface area contributed by atoms with Gasteiger partial charge in [-0.2, -0.15) is 8.78 Å². The van der Waals surface area contributed by atoms with Gasteiger partial charge in [0.1, 0.15) is 0 Å². The van der Waals surface area contributed by atoms with Gasteiger partial charge in [0.05, 0.1) is 15.5 Å². The molecule has 17 heteroatoms. The number of amides is 1. The van der Waals surface area contributed by atoms with Crippen LogP contribution in [0.4, 0.5) is 20.2 Å². The molecular weight excluding hydrogens is 896 g/mol. The number of hydrogen-bond acceptors (Lipinski definition) is 10. The third-order valence-electron chi connectivity index (χ3n) is 11.7. The number of carbonyl (C=O) groups excluding carboxylic acids is 1. The summed E-state index contributed by atoms with van der Waals surface area (Å²) in [6.45, 7) is 6.72. The van der Waals surface area contributed by atoms with Crippen LogP contribution in [0.2, 0.25) is 5.02 Å². The Kier molecular flexibility index (Phi) is 15.3. The maximum Gasteiger partial charge on any atom is 0.427 e. The standard InChI is InChI=1S/C45H51Cl2F2N5O5S3/c46-36-16-12-33(13-17-36)41-11-5-4-8-35(41)31-53-26-28-54(29-27-53)38-18-14-34(15-19-38)44(55)51-62(58,59)40-20-21-42(43(30-40)61(56,57)45(47,48)49)50-37(22-25-52-23-6-7-24-52)32-60-39-9-2-1-3-10-39/h1-3,9-10,12-21,30,37,50H,4-8,11,22-29,31-32H2,(H,51,55)/t37-/m1/s1. The quantitative estimate of drug-likeness (QED) is 0.0784. The fraction of sp³-hybridized carbons (Fsp3) is 0.400. The normalized spacial score (nSPS) is 17.6. The predicted molar refractivity (Wildman–Crippen MR) is 246 cm³/mol. The number of nitrogens with zero attached hydrogens (tertiary/aromatic N) is 3. The second-order valence-corrected chi connectivity index (χ2v) is 21.8. The van der Waals surface area contributed by atoms with Crippen LogP contribution in [0.15, 0.2) is 117 Å². The molecule has 0 bridgehead atoms. The first-order chi connectivity index (χ1) is 29.7. The fourth-order valence-electron chi connectivity index (χ4n) is 8.25. The van der Waals surface area contributed by atoms with E-state index in [1.807, 2.05) is 47.2 Å². The highest BCUT2D eigenvalue weighted by Gasteiger charge is 2.46. The molecule has 1 aliphatic carbocycles. The van der Waals surface area contributed by atoms with Gasteiger partial charge in [0.25, 0.3) is 25.8 Å². The molecule has 0 unspecified atom stereocenters. The summed E-state index contributed by atoms with van der Waals surface area (Å²) in [4.78, 5) is 19.6. The smallest absolute Gasteiger partial charge is 0.380 e. The van der Waals surface area contributed by atoms with Crippen LogP contribution in [0, 0.1) is 0 Å². The Morgan fingerprint density at radius 2 is 1.47 bits per heavy atom. The average molecular weight is 947 g/mol. The molecule has 4 aromatic carbocycles. The van der Waals surface area contributed by atoms with Crippen LogP contribution in [-0.4, -0.2) is 101 Å². The van der Waals surface area contributed by atoms with Crippen LogP contribution in [0.5, 0.6) is 0 Å². The molecule has 62 heavy (non-hydrogen) atoms. The number of hydrogen-bond donors (Lipinski definition) is 2. The lowest BCUT2D eigenvalue weighted by Gasteiger charge is -2.37. The first-order valence-electron chi connectivity index (χ1n) is 20.9. The molecule has 10 nitrogen and oxygen atoms in total. The Morgan fingerprint density at radius 3 is 2.15 bits per heavy atom. The van der Waals surface area contributed by atoms with Gasteiger partial charge in [0.2, 0.25) is 0 Å². The van der Waals surface area contributed by atoms with E-state index in [4.69, 9.17) is 23.2 Å². The van der Waals surface area contributed by atoms with Crippen molar-refractivity contribution in [1.82, 2.24) is 14.5 Å². The van der Waals surface area contributed by atoms with Crippen LogP contribution < -0.4 is 14.9 Å². The molecule has 0 aromatic heterocycles. The number of sulfone groups is 1. The zero-order valence-corrected chi connectivity index (χ0v) is 38.2. The van der Waals surface area contributed by atoms with E-state index in [1.165, 1.54) is 53.4 Å². The number of thioether (sulfide) groups is 1. The van der Waals surface area contributed by atoms with E-state index in [-0.39, 0.29) is 17.3 Å². The number of rotatable bonds is 17. The number of allylic oxidation sites excluding steroid dienone is 1. The van der Waals surface area contributed by atoms with Crippen molar-refractivity contribution >= 4 is 77.7 Å². The maximum absolute atomic E-state index is 14.6. The summed E-state index contributed by atoms with van der Waals surface area (Å²) in [5.74, 6) is -0.502. The van der Waals surface area contributed by atoms with Crippen LogP contribution in [0.1, 0.15) is 60.9 Å². The summed E-state index contributed by atoms with van der Waals surface area (Å²) in [5, 5.41) is 3.84. The van der Waals surface area contributed by atoms with E-state index >= 15 is 0 Å². The number of nitrogens with one attached hydrogen (secondary N) is 2. The molecule has 1 atom stereocenters. The second-order valence-electron chi connectivity index (χ2n) is 16.0. The number of piperazine rings is 1. The number of halogens is 4. The third-order valence-corrected chi connectivity index (χ3v) is 16.6. The summed E-state index contributed by atoms with van der Waals surface area (Å²) in [6, 6.07) is 26.6. The first-order valence-corrected chi connectivity index (χ1v) is 25.6. The van der Waals surface area contributed by atoms with Gasteiger partial charge < -0.3 is 15.1 Å². The van der Waals surface area contributed by atoms with E-state index in [0.29, 0.717) is 24.8 Å². The zero-order chi connectivity index (χ0) is 43.9. The number of likely N-dealkylation sites (tertiary alicyclic amines) is 1. The monoisotopic (exact) mass is 945 g/mol. The Labute approximate surface area is 378 Å². The highest BCUT2D eigenvalue weighted by molar-refractivity contribution is 7.99. The molecule has 1 amide bonds. The lowest BCUT2D eigenvalue weighted by atomic mass is 9.87. The molecule has 0 spiro atoms. The Morgan fingerprint density at radius 1 is 0.790 bits per heavy atom. The topological polar surface area (TPSA) is 119 Å². The molecular formula is C45H51Cl2F2N5O5S3. The minimum Gasteiger partial charge on any atom is -0.380 e. The van der Waals surface area contributed by atoms with E-state index < -0.39 is 40.3 Å². The van der Waals surface area contributed by atoms with Crippen molar-refractivity contribution < 1.29 is 30.4 Å². The van der Waals surface area contributed by atoms with Gasteiger partial charge in [0.15, 0.2) is 0 Å². The molecule has 2 aliphatic heterocycles. The summed E-state index contributed by atoms with van der Waals surface area (Å²) in [5.41, 5.74) is 4.84. The maximum atomic E-state index is 14.6. The molecule has 332 valence electrons. The molecule has 4 aromatic rings. The zero-order valence-electron chi connectivity index (χ0n) is 34.2. The van der Waals surface area contributed by atoms with Gasteiger partial charge in [-0.1, -0.05) is 47.5 Å². The van der Waals surface area contributed by atoms with Crippen molar-refractivity contribution in [3.8, 4) is 0 Å². The molecule has 2 saturated heterocycles. The van der Waals surface area contributed by atoms with Crippen LogP contribution in [0.25, 0.3) is 5.57 Å². The van der Waals surface area contributed by atoms with Crippen molar-refractivity contribution in [3.63, 3.8) is 0 Å². The van der Waals surface area contributed by atoms with Gasteiger partial charge in [-0.05, 0) is 148 Å². The number of benzene rings is 4. The first kappa shape index (κ1) is 46.3. The van der Waals surface area contributed by atoms with E-state index in [1.54, 1.807) is 12.1 Å². The number of sulfonamides is 1. The van der Waals surface area contributed by atoms with Crippen molar-refractivity contribution in [1.29, 1.82) is 0 Å². The summed E-state index contributed by atoms with van der Waals surface area (Å²) in [6.07, 6.45) is 7.22. The highest BCUT2D eigenvalue weighted by Crippen LogP contribution is 2.38. The lowest BCUT2D eigenvalue weighted by molar-refractivity contribution is 0.0981. The van der Waals surface area contributed by atoms with Gasteiger partial charge in [-0.25, -0.2) is 21.6 Å². The summed E-state index contributed by atoms with van der Waals surface area (Å²) in [7, 11) is -10.3. The molecule has 0 radical (unpaired) electrons. The Balaban J connectivity index is 1.01. The molecule has 2 heterocycles. The predicted octanol–water partition coefficient (Wildman–Crippen LogP) is 9.23. The molecule has 7 rings (SSSR count). The van der Waals surface area contributed by atoms with Gasteiger partial charge >= 0.3 is 4.71 Å². The van der Waals surface area contributed by atoms with E-state index in [2.05, 4.69) is 32.1 Å². The van der Waals surface area contributed by atoms with Crippen molar-refractivity contribution in [2.75, 3.05) is 68.3 Å². The second kappa shape index (κ2) is 20.4. The number of alkyl halides is 3. The van der Waals surface area contributed by atoms with Crippen LogP contribution in [0.3, 0.4) is 0 Å². The van der Waals surface area contributed by atoms with Gasteiger partial charge in [0, 0.05) is 72.2 Å². The summed E-state index contributed by atoms with van der Waals surface area (Å²) >= 11 is 12.8. The fourth-order valence-corrected chi connectivity index (χ4v) is 11.6.